The second-order valence-electron chi connectivity index (χ2n) is 5.89. The van der Waals surface area contributed by atoms with Gasteiger partial charge in [-0.15, -0.1) is 0 Å². The van der Waals surface area contributed by atoms with Crippen molar-refractivity contribution in [1.82, 2.24) is 4.90 Å². The average Bonchev–Trinajstić information content (AvgIpc) is 2.82. The van der Waals surface area contributed by atoms with Crippen LogP contribution >= 0.6 is 0 Å². The lowest BCUT2D eigenvalue weighted by molar-refractivity contribution is 0.219. The zero-order valence-electron chi connectivity index (χ0n) is 12.2. The van der Waals surface area contributed by atoms with Crippen LogP contribution in [0.5, 0.6) is 5.75 Å². The summed E-state index contributed by atoms with van der Waals surface area (Å²) in [5.41, 5.74) is 7.46. The van der Waals surface area contributed by atoms with Gasteiger partial charge in [-0.1, -0.05) is 26.0 Å². The molecule has 0 aromatic heterocycles. The van der Waals surface area contributed by atoms with E-state index in [0.717, 1.165) is 45.0 Å². The van der Waals surface area contributed by atoms with Crippen molar-refractivity contribution in [3.8, 4) is 5.75 Å². The van der Waals surface area contributed by atoms with Crippen molar-refractivity contribution in [2.75, 3.05) is 32.8 Å². The zero-order chi connectivity index (χ0) is 13.7. The predicted octanol–water partition coefficient (Wildman–Crippen LogP) is 2.30. The largest absolute Gasteiger partial charge is 0.492 e. The number of rotatable bonds is 6. The molecule has 1 atom stereocenters. The van der Waals surface area contributed by atoms with Gasteiger partial charge >= 0.3 is 0 Å². The third kappa shape index (κ3) is 3.95. The Balaban J connectivity index is 1.75. The number of likely N-dealkylation sites (tertiary alicyclic amines) is 1. The topological polar surface area (TPSA) is 38.5 Å². The van der Waals surface area contributed by atoms with Crippen molar-refractivity contribution in [3.63, 3.8) is 0 Å². The maximum absolute atomic E-state index is 5.84. The molecule has 2 rings (SSSR count). The first-order chi connectivity index (χ1) is 9.15. The number of benzene rings is 1. The molecule has 3 nitrogen and oxygen atoms in total. The van der Waals surface area contributed by atoms with E-state index < -0.39 is 0 Å². The van der Waals surface area contributed by atoms with Crippen molar-refractivity contribution < 1.29 is 4.74 Å². The molecule has 1 fully saturated rings. The fourth-order valence-electron chi connectivity index (χ4n) is 2.63. The first kappa shape index (κ1) is 14.4. The summed E-state index contributed by atoms with van der Waals surface area (Å²) in [4.78, 5) is 2.45. The van der Waals surface area contributed by atoms with E-state index in [1.165, 1.54) is 12.0 Å². The van der Waals surface area contributed by atoms with Crippen LogP contribution in [0.15, 0.2) is 24.3 Å². The van der Waals surface area contributed by atoms with Crippen LogP contribution in [0.4, 0.5) is 0 Å². The van der Waals surface area contributed by atoms with Crippen LogP contribution in [0, 0.1) is 5.41 Å². The van der Waals surface area contributed by atoms with Gasteiger partial charge in [0.05, 0.1) is 0 Å². The first-order valence-electron chi connectivity index (χ1n) is 7.29. The SMILES string of the molecule is CCc1cccc(OCCN2CCC(C)(CN)C2)c1. The number of nitrogens with two attached hydrogens (primary N) is 1. The molecule has 1 aliphatic heterocycles. The standard InChI is InChI=1S/C16H26N2O/c1-3-14-5-4-6-15(11-14)19-10-9-18-8-7-16(2,12-17)13-18/h4-6,11H,3,7-10,12-13,17H2,1-2H3. The molecule has 0 bridgehead atoms. The summed E-state index contributed by atoms with van der Waals surface area (Å²) in [5, 5.41) is 0. The van der Waals surface area contributed by atoms with Gasteiger partial charge < -0.3 is 10.5 Å². The molecule has 0 radical (unpaired) electrons. The normalized spacial score (nSPS) is 23.7. The molecule has 0 spiro atoms. The van der Waals surface area contributed by atoms with Crippen LogP contribution in [-0.4, -0.2) is 37.7 Å². The molecule has 0 saturated carbocycles. The van der Waals surface area contributed by atoms with Crippen LogP contribution in [0.3, 0.4) is 0 Å². The lowest BCUT2D eigenvalue weighted by Gasteiger charge is -2.22. The van der Waals surface area contributed by atoms with E-state index in [-0.39, 0.29) is 0 Å². The third-order valence-electron chi connectivity index (χ3n) is 4.11. The highest BCUT2D eigenvalue weighted by atomic mass is 16.5. The molecule has 1 aliphatic rings. The van der Waals surface area contributed by atoms with E-state index in [4.69, 9.17) is 10.5 Å². The van der Waals surface area contributed by atoms with Gasteiger partial charge in [0.2, 0.25) is 0 Å². The minimum absolute atomic E-state index is 0.308. The van der Waals surface area contributed by atoms with Gasteiger partial charge in [0, 0.05) is 13.1 Å². The molecular formula is C16H26N2O. The van der Waals surface area contributed by atoms with Crippen LogP contribution < -0.4 is 10.5 Å². The Labute approximate surface area is 116 Å². The molecule has 1 aromatic carbocycles. The molecule has 19 heavy (non-hydrogen) atoms. The van der Waals surface area contributed by atoms with E-state index in [2.05, 4.69) is 36.9 Å². The average molecular weight is 262 g/mol. The quantitative estimate of drug-likeness (QED) is 0.855. The minimum atomic E-state index is 0.308. The number of hydrogen-bond donors (Lipinski definition) is 1. The van der Waals surface area contributed by atoms with Gasteiger partial charge in [0.15, 0.2) is 0 Å². The van der Waals surface area contributed by atoms with Crippen molar-refractivity contribution in [2.45, 2.75) is 26.7 Å². The predicted molar refractivity (Wildman–Crippen MR) is 79.5 cm³/mol. The van der Waals surface area contributed by atoms with Gasteiger partial charge in [-0.3, -0.25) is 4.90 Å². The molecule has 106 valence electrons. The second-order valence-corrected chi connectivity index (χ2v) is 5.89. The fraction of sp³-hybridized carbons (Fsp3) is 0.625. The summed E-state index contributed by atoms with van der Waals surface area (Å²) in [6.07, 6.45) is 2.26. The first-order valence-corrected chi connectivity index (χ1v) is 7.29. The smallest absolute Gasteiger partial charge is 0.119 e. The maximum Gasteiger partial charge on any atom is 0.119 e. The Kier molecular flexibility index (Phi) is 4.83. The highest BCUT2D eigenvalue weighted by Crippen LogP contribution is 2.28. The highest BCUT2D eigenvalue weighted by Gasteiger charge is 2.31. The molecule has 3 heteroatoms. The summed E-state index contributed by atoms with van der Waals surface area (Å²) in [6.45, 7) is 9.21. The molecule has 1 unspecified atom stereocenters. The minimum Gasteiger partial charge on any atom is -0.492 e. The Morgan fingerprint density at radius 3 is 2.95 bits per heavy atom. The van der Waals surface area contributed by atoms with Gasteiger partial charge in [-0.25, -0.2) is 0 Å². The summed E-state index contributed by atoms with van der Waals surface area (Å²) < 4.78 is 5.84. The van der Waals surface area contributed by atoms with E-state index in [9.17, 15) is 0 Å². The van der Waals surface area contributed by atoms with Crippen molar-refractivity contribution >= 4 is 0 Å². The zero-order valence-corrected chi connectivity index (χ0v) is 12.2. The molecule has 1 heterocycles. The summed E-state index contributed by atoms with van der Waals surface area (Å²) in [7, 11) is 0. The number of nitrogens with zero attached hydrogens (tertiary/aromatic N) is 1. The number of aryl methyl sites for hydroxylation is 1. The van der Waals surface area contributed by atoms with Crippen LogP contribution in [0.25, 0.3) is 0 Å². The van der Waals surface area contributed by atoms with Crippen LogP contribution in [0.1, 0.15) is 25.8 Å². The van der Waals surface area contributed by atoms with Gasteiger partial charge in [-0.05, 0) is 49.0 Å². The van der Waals surface area contributed by atoms with E-state index in [1.54, 1.807) is 0 Å². The van der Waals surface area contributed by atoms with Crippen molar-refractivity contribution in [3.05, 3.63) is 29.8 Å². The van der Waals surface area contributed by atoms with Crippen LogP contribution in [0.2, 0.25) is 0 Å². The monoisotopic (exact) mass is 262 g/mol. The molecule has 1 saturated heterocycles. The molecule has 1 aromatic rings. The Morgan fingerprint density at radius 2 is 2.26 bits per heavy atom. The molecule has 2 N–H and O–H groups in total. The van der Waals surface area contributed by atoms with Gasteiger partial charge in [0.1, 0.15) is 12.4 Å². The summed E-state index contributed by atoms with van der Waals surface area (Å²) >= 11 is 0. The Bertz CT molecular complexity index is 407. The second kappa shape index (κ2) is 6.40. The Hall–Kier alpha value is -1.06. The van der Waals surface area contributed by atoms with Gasteiger partial charge in [0.25, 0.3) is 0 Å². The third-order valence-corrected chi connectivity index (χ3v) is 4.11. The van der Waals surface area contributed by atoms with Crippen molar-refractivity contribution in [1.29, 1.82) is 0 Å². The summed E-state index contributed by atoms with van der Waals surface area (Å²) in [5.74, 6) is 0.986. The lowest BCUT2D eigenvalue weighted by atomic mass is 9.90. The Morgan fingerprint density at radius 1 is 1.42 bits per heavy atom. The van der Waals surface area contributed by atoms with E-state index >= 15 is 0 Å². The maximum atomic E-state index is 5.84. The number of hydrogen-bond acceptors (Lipinski definition) is 3. The molecular weight excluding hydrogens is 236 g/mol. The molecule has 0 amide bonds. The number of ether oxygens (including phenoxy) is 1. The van der Waals surface area contributed by atoms with E-state index in [1.807, 2.05) is 6.07 Å². The van der Waals surface area contributed by atoms with Crippen molar-refractivity contribution in [2.24, 2.45) is 11.1 Å². The fourth-order valence-corrected chi connectivity index (χ4v) is 2.63. The van der Waals surface area contributed by atoms with Gasteiger partial charge in [-0.2, -0.15) is 0 Å². The van der Waals surface area contributed by atoms with E-state index in [0.29, 0.717) is 5.41 Å². The van der Waals surface area contributed by atoms with Crippen LogP contribution in [-0.2, 0) is 6.42 Å². The highest BCUT2D eigenvalue weighted by molar-refractivity contribution is 5.28. The lowest BCUT2D eigenvalue weighted by Crippen LogP contribution is -2.33. The molecule has 0 aliphatic carbocycles. The summed E-state index contributed by atoms with van der Waals surface area (Å²) in [6, 6.07) is 8.37.